The molecule has 0 amide bonds. The van der Waals surface area contributed by atoms with E-state index in [-0.39, 0.29) is 0 Å². The van der Waals surface area contributed by atoms with Gasteiger partial charge in [-0.1, -0.05) is 57.9 Å². The molecule has 2 rings (SSSR count). The topological polar surface area (TPSA) is 38.0 Å². The minimum Gasteiger partial charge on any atom is -0.271 e. The molecule has 0 saturated heterocycles. The second kappa shape index (κ2) is 7.58. The molecule has 3 heteroatoms. The Hall–Kier alpha value is -1.16. The maximum absolute atomic E-state index is 5.69. The highest BCUT2D eigenvalue weighted by atomic mass is 79.9. The molecule has 0 spiro atoms. The van der Waals surface area contributed by atoms with Crippen LogP contribution in [0.5, 0.6) is 0 Å². The molecule has 1 unspecified atom stereocenters. The standard InChI is InChI=1S/C17H21BrN2/c1-13-5-7-14(8-6-13)9-10-17(20-19)12-15-3-2-4-16(18)11-15/h2-8,11,17,20H,9-10,12,19H2,1H3. The summed E-state index contributed by atoms with van der Waals surface area (Å²) in [5.41, 5.74) is 6.90. The van der Waals surface area contributed by atoms with Gasteiger partial charge in [-0.15, -0.1) is 0 Å². The summed E-state index contributed by atoms with van der Waals surface area (Å²) in [5, 5.41) is 0. The summed E-state index contributed by atoms with van der Waals surface area (Å²) in [5.74, 6) is 5.69. The van der Waals surface area contributed by atoms with E-state index in [2.05, 4.69) is 70.7 Å². The van der Waals surface area contributed by atoms with Crippen LogP contribution in [0.2, 0.25) is 0 Å². The Balaban J connectivity index is 1.90. The Morgan fingerprint density at radius 1 is 1.10 bits per heavy atom. The second-order valence-corrected chi connectivity index (χ2v) is 6.14. The lowest BCUT2D eigenvalue weighted by Gasteiger charge is -2.16. The van der Waals surface area contributed by atoms with Gasteiger partial charge in [0.2, 0.25) is 0 Å². The van der Waals surface area contributed by atoms with Crippen molar-refractivity contribution in [2.45, 2.75) is 32.2 Å². The van der Waals surface area contributed by atoms with Crippen LogP contribution in [-0.4, -0.2) is 6.04 Å². The molecule has 0 heterocycles. The van der Waals surface area contributed by atoms with E-state index in [4.69, 9.17) is 5.84 Å². The fourth-order valence-electron chi connectivity index (χ4n) is 2.29. The van der Waals surface area contributed by atoms with E-state index in [0.717, 1.165) is 23.7 Å². The van der Waals surface area contributed by atoms with Crippen molar-refractivity contribution < 1.29 is 0 Å². The number of hydrogen-bond donors (Lipinski definition) is 2. The summed E-state index contributed by atoms with van der Waals surface area (Å²) in [6.45, 7) is 2.11. The molecular weight excluding hydrogens is 312 g/mol. The molecule has 3 N–H and O–H groups in total. The minimum atomic E-state index is 0.297. The Morgan fingerprint density at radius 3 is 2.50 bits per heavy atom. The molecule has 2 nitrogen and oxygen atoms in total. The third kappa shape index (κ3) is 4.75. The predicted molar refractivity (Wildman–Crippen MR) is 88.5 cm³/mol. The molecule has 2 aromatic carbocycles. The zero-order valence-electron chi connectivity index (χ0n) is 11.8. The molecule has 0 aliphatic heterocycles. The zero-order chi connectivity index (χ0) is 14.4. The zero-order valence-corrected chi connectivity index (χ0v) is 13.4. The number of aryl methyl sites for hydroxylation is 2. The number of halogens is 1. The first-order valence-electron chi connectivity index (χ1n) is 6.93. The van der Waals surface area contributed by atoms with Crippen molar-refractivity contribution in [1.29, 1.82) is 0 Å². The smallest absolute Gasteiger partial charge is 0.0254 e. The fraction of sp³-hybridized carbons (Fsp3) is 0.294. The SMILES string of the molecule is Cc1ccc(CCC(Cc2cccc(Br)c2)NN)cc1. The van der Waals surface area contributed by atoms with Crippen LogP contribution < -0.4 is 11.3 Å². The Morgan fingerprint density at radius 2 is 1.85 bits per heavy atom. The van der Waals surface area contributed by atoms with Crippen LogP contribution in [0, 0.1) is 6.92 Å². The van der Waals surface area contributed by atoms with Gasteiger partial charge in [-0.05, 0) is 49.4 Å². The number of hydrazine groups is 1. The molecule has 0 saturated carbocycles. The highest BCUT2D eigenvalue weighted by molar-refractivity contribution is 9.10. The lowest BCUT2D eigenvalue weighted by atomic mass is 9.99. The van der Waals surface area contributed by atoms with E-state index < -0.39 is 0 Å². The maximum Gasteiger partial charge on any atom is 0.0254 e. The number of hydrogen-bond acceptors (Lipinski definition) is 2. The van der Waals surface area contributed by atoms with Gasteiger partial charge in [0, 0.05) is 10.5 Å². The first-order valence-corrected chi connectivity index (χ1v) is 7.73. The van der Waals surface area contributed by atoms with Gasteiger partial charge in [-0.3, -0.25) is 11.3 Å². The Labute approximate surface area is 129 Å². The summed E-state index contributed by atoms with van der Waals surface area (Å²) < 4.78 is 1.12. The molecule has 2 aromatic rings. The quantitative estimate of drug-likeness (QED) is 0.624. The molecule has 0 aliphatic rings. The number of nitrogens with one attached hydrogen (secondary N) is 1. The third-order valence-electron chi connectivity index (χ3n) is 3.51. The molecule has 0 fully saturated rings. The Bertz CT molecular complexity index is 537. The van der Waals surface area contributed by atoms with Gasteiger partial charge in [0.25, 0.3) is 0 Å². The predicted octanol–water partition coefficient (Wildman–Crippen LogP) is 3.76. The van der Waals surface area contributed by atoms with Crippen LogP contribution in [0.25, 0.3) is 0 Å². The van der Waals surface area contributed by atoms with E-state index in [1.54, 1.807) is 0 Å². The number of benzene rings is 2. The van der Waals surface area contributed by atoms with Crippen molar-refractivity contribution in [2.24, 2.45) is 5.84 Å². The summed E-state index contributed by atoms with van der Waals surface area (Å²) in [4.78, 5) is 0. The molecule has 1 atom stereocenters. The molecular formula is C17H21BrN2. The first kappa shape index (κ1) is 15.2. The van der Waals surface area contributed by atoms with Crippen LogP contribution in [-0.2, 0) is 12.8 Å². The summed E-state index contributed by atoms with van der Waals surface area (Å²) in [6, 6.07) is 17.4. The lowest BCUT2D eigenvalue weighted by molar-refractivity contribution is 0.491. The van der Waals surface area contributed by atoms with Crippen molar-refractivity contribution in [3.8, 4) is 0 Å². The average molecular weight is 333 g/mol. The molecule has 0 aromatic heterocycles. The van der Waals surface area contributed by atoms with Gasteiger partial charge in [0.15, 0.2) is 0 Å². The molecule has 0 bridgehead atoms. The van der Waals surface area contributed by atoms with E-state index in [9.17, 15) is 0 Å². The fourth-order valence-corrected chi connectivity index (χ4v) is 2.74. The highest BCUT2D eigenvalue weighted by Crippen LogP contribution is 2.15. The summed E-state index contributed by atoms with van der Waals surface area (Å²) in [7, 11) is 0. The van der Waals surface area contributed by atoms with E-state index >= 15 is 0 Å². The van der Waals surface area contributed by atoms with Gasteiger partial charge >= 0.3 is 0 Å². The monoisotopic (exact) mass is 332 g/mol. The van der Waals surface area contributed by atoms with Gasteiger partial charge in [-0.2, -0.15) is 0 Å². The number of nitrogens with two attached hydrogens (primary N) is 1. The van der Waals surface area contributed by atoms with Gasteiger partial charge < -0.3 is 0 Å². The van der Waals surface area contributed by atoms with Crippen LogP contribution in [0.3, 0.4) is 0 Å². The first-order chi connectivity index (χ1) is 9.67. The van der Waals surface area contributed by atoms with Crippen LogP contribution >= 0.6 is 15.9 Å². The largest absolute Gasteiger partial charge is 0.271 e. The third-order valence-corrected chi connectivity index (χ3v) is 4.00. The van der Waals surface area contributed by atoms with Crippen molar-refractivity contribution >= 4 is 15.9 Å². The van der Waals surface area contributed by atoms with Gasteiger partial charge in [0.05, 0.1) is 0 Å². The van der Waals surface area contributed by atoms with E-state index in [0.29, 0.717) is 6.04 Å². The molecule has 106 valence electrons. The van der Waals surface area contributed by atoms with Crippen molar-refractivity contribution in [3.05, 3.63) is 69.7 Å². The van der Waals surface area contributed by atoms with Crippen molar-refractivity contribution in [3.63, 3.8) is 0 Å². The van der Waals surface area contributed by atoms with Crippen LogP contribution in [0.4, 0.5) is 0 Å². The van der Waals surface area contributed by atoms with Crippen LogP contribution in [0.15, 0.2) is 53.0 Å². The second-order valence-electron chi connectivity index (χ2n) is 5.22. The van der Waals surface area contributed by atoms with E-state index in [1.807, 2.05) is 6.07 Å². The maximum atomic E-state index is 5.69. The van der Waals surface area contributed by atoms with E-state index in [1.165, 1.54) is 16.7 Å². The highest BCUT2D eigenvalue weighted by Gasteiger charge is 2.08. The number of rotatable bonds is 6. The molecule has 20 heavy (non-hydrogen) atoms. The summed E-state index contributed by atoms with van der Waals surface area (Å²) >= 11 is 3.50. The average Bonchev–Trinajstić information content (AvgIpc) is 2.45. The van der Waals surface area contributed by atoms with Gasteiger partial charge in [-0.25, -0.2) is 0 Å². The molecule has 0 radical (unpaired) electrons. The summed E-state index contributed by atoms with van der Waals surface area (Å²) in [6.07, 6.45) is 3.02. The normalized spacial score (nSPS) is 12.3. The van der Waals surface area contributed by atoms with Gasteiger partial charge in [0.1, 0.15) is 0 Å². The van der Waals surface area contributed by atoms with Crippen molar-refractivity contribution in [2.75, 3.05) is 0 Å². The minimum absolute atomic E-state index is 0.297. The van der Waals surface area contributed by atoms with Crippen molar-refractivity contribution in [1.82, 2.24) is 5.43 Å². The van der Waals surface area contributed by atoms with Crippen LogP contribution in [0.1, 0.15) is 23.1 Å². The Kier molecular flexibility index (Phi) is 5.77. The lowest BCUT2D eigenvalue weighted by Crippen LogP contribution is -2.37. The molecule has 0 aliphatic carbocycles.